The average molecular weight is 397 g/mol. The first kappa shape index (κ1) is 21.5. The van der Waals surface area contributed by atoms with Gasteiger partial charge >= 0.3 is 12.3 Å². The predicted molar refractivity (Wildman–Crippen MR) is 94.1 cm³/mol. The summed E-state index contributed by atoms with van der Waals surface area (Å²) in [5.41, 5.74) is -2.34. The van der Waals surface area contributed by atoms with Gasteiger partial charge in [-0.1, -0.05) is 12.1 Å². The molecule has 0 bridgehead atoms. The number of alkyl halides is 3. The molecule has 0 aromatic heterocycles. The van der Waals surface area contributed by atoms with E-state index in [-0.39, 0.29) is 25.9 Å². The van der Waals surface area contributed by atoms with Gasteiger partial charge in [0.1, 0.15) is 11.1 Å². The molecule has 1 unspecified atom stereocenters. The lowest BCUT2D eigenvalue weighted by molar-refractivity contribution is -0.137. The van der Waals surface area contributed by atoms with Crippen LogP contribution in [0.15, 0.2) is 24.3 Å². The molecule has 1 atom stereocenters. The first-order chi connectivity index (χ1) is 12.8. The minimum absolute atomic E-state index is 0.0167. The van der Waals surface area contributed by atoms with E-state index in [4.69, 9.17) is 4.74 Å². The van der Waals surface area contributed by atoms with Gasteiger partial charge in [0.2, 0.25) is 5.91 Å². The van der Waals surface area contributed by atoms with Gasteiger partial charge in [-0.15, -0.1) is 0 Å². The van der Waals surface area contributed by atoms with Gasteiger partial charge in [0, 0.05) is 13.0 Å². The van der Waals surface area contributed by atoms with Crippen LogP contribution < -0.4 is 5.32 Å². The molecule has 1 heterocycles. The average Bonchev–Trinajstić information content (AvgIpc) is 2.97. The molecule has 1 aromatic rings. The van der Waals surface area contributed by atoms with Gasteiger partial charge in [0.25, 0.3) is 0 Å². The molecule has 0 saturated carbocycles. The molecular formula is C19H22F3N3O3. The van der Waals surface area contributed by atoms with E-state index >= 15 is 0 Å². The maximum absolute atomic E-state index is 12.6. The molecular weight excluding hydrogens is 375 g/mol. The largest absolute Gasteiger partial charge is 0.444 e. The summed E-state index contributed by atoms with van der Waals surface area (Å²) in [6.45, 7) is 5.42. The standard InChI is InChI=1S/C19H22F3N3O3/c1-17(2,3)28-16(27)25-9-8-18(11-23,12-25)24-15(26)10-13-4-6-14(7-5-13)19(20,21)22/h4-7H,8-10,12H2,1-3H3,(H,24,26). The molecule has 28 heavy (non-hydrogen) atoms. The van der Waals surface area contributed by atoms with E-state index in [1.807, 2.05) is 6.07 Å². The summed E-state index contributed by atoms with van der Waals surface area (Å²) in [6.07, 6.45) is -4.95. The molecule has 1 aliphatic heterocycles. The van der Waals surface area contributed by atoms with E-state index in [9.17, 15) is 28.0 Å². The summed E-state index contributed by atoms with van der Waals surface area (Å²) in [6, 6.07) is 6.30. The normalized spacial score (nSPS) is 19.8. The van der Waals surface area contributed by atoms with Gasteiger partial charge in [-0.05, 0) is 38.5 Å². The zero-order valence-electron chi connectivity index (χ0n) is 15.9. The third-order valence-corrected chi connectivity index (χ3v) is 4.16. The van der Waals surface area contributed by atoms with Crippen LogP contribution >= 0.6 is 0 Å². The zero-order valence-corrected chi connectivity index (χ0v) is 15.9. The van der Waals surface area contributed by atoms with Gasteiger partial charge in [-0.2, -0.15) is 18.4 Å². The van der Waals surface area contributed by atoms with Gasteiger partial charge in [-0.25, -0.2) is 4.79 Å². The van der Waals surface area contributed by atoms with Crippen molar-refractivity contribution in [3.63, 3.8) is 0 Å². The zero-order chi connectivity index (χ0) is 21.2. The molecule has 1 saturated heterocycles. The fourth-order valence-electron chi connectivity index (χ4n) is 2.82. The number of halogens is 3. The van der Waals surface area contributed by atoms with E-state index in [1.54, 1.807) is 20.8 Å². The maximum Gasteiger partial charge on any atom is 0.416 e. The topological polar surface area (TPSA) is 82.4 Å². The van der Waals surface area contributed by atoms with Crippen molar-refractivity contribution in [2.45, 2.75) is 50.9 Å². The van der Waals surface area contributed by atoms with Crippen LogP contribution in [0.3, 0.4) is 0 Å². The molecule has 1 aromatic carbocycles. The van der Waals surface area contributed by atoms with E-state index in [0.717, 1.165) is 12.1 Å². The molecule has 0 radical (unpaired) electrons. The second-order valence-corrected chi connectivity index (χ2v) is 7.77. The van der Waals surface area contributed by atoms with Crippen LogP contribution in [-0.2, 0) is 22.1 Å². The Hall–Kier alpha value is -2.76. The Morgan fingerprint density at radius 1 is 1.25 bits per heavy atom. The molecule has 1 fully saturated rings. The van der Waals surface area contributed by atoms with Crippen LogP contribution in [0.5, 0.6) is 0 Å². The van der Waals surface area contributed by atoms with Crippen molar-refractivity contribution in [1.82, 2.24) is 10.2 Å². The third-order valence-electron chi connectivity index (χ3n) is 4.16. The van der Waals surface area contributed by atoms with Gasteiger partial charge in [-0.3, -0.25) is 4.79 Å². The molecule has 2 rings (SSSR count). The number of hydrogen-bond donors (Lipinski definition) is 1. The van der Waals surface area contributed by atoms with E-state index in [1.165, 1.54) is 17.0 Å². The SMILES string of the molecule is CC(C)(C)OC(=O)N1CCC(C#N)(NC(=O)Cc2ccc(C(F)(F)F)cc2)C1. The molecule has 9 heteroatoms. The monoisotopic (exact) mass is 397 g/mol. The van der Waals surface area contributed by atoms with E-state index in [2.05, 4.69) is 5.32 Å². The highest BCUT2D eigenvalue weighted by atomic mass is 19.4. The summed E-state index contributed by atoms with van der Waals surface area (Å²) < 4.78 is 43.1. The minimum atomic E-state index is -4.44. The first-order valence-corrected chi connectivity index (χ1v) is 8.70. The summed E-state index contributed by atoms with van der Waals surface area (Å²) >= 11 is 0. The van der Waals surface area contributed by atoms with Gasteiger partial charge in [0.05, 0.1) is 24.6 Å². The summed E-state index contributed by atoms with van der Waals surface area (Å²) in [5.74, 6) is -0.507. The number of benzene rings is 1. The molecule has 0 aliphatic carbocycles. The highest BCUT2D eigenvalue weighted by Crippen LogP contribution is 2.29. The fraction of sp³-hybridized carbons (Fsp3) is 0.526. The number of likely N-dealkylation sites (tertiary alicyclic amines) is 1. The predicted octanol–water partition coefficient (Wildman–Crippen LogP) is 3.27. The van der Waals surface area contributed by atoms with Crippen LogP contribution in [0, 0.1) is 11.3 Å². The lowest BCUT2D eigenvalue weighted by Gasteiger charge is -2.26. The third kappa shape index (κ3) is 5.62. The molecule has 6 nitrogen and oxygen atoms in total. The Morgan fingerprint density at radius 3 is 2.36 bits per heavy atom. The number of nitrogens with zero attached hydrogens (tertiary/aromatic N) is 2. The second-order valence-electron chi connectivity index (χ2n) is 7.77. The Bertz CT molecular complexity index is 779. The van der Waals surface area contributed by atoms with Gasteiger partial charge < -0.3 is 15.0 Å². The van der Waals surface area contributed by atoms with E-state index < -0.39 is 34.9 Å². The van der Waals surface area contributed by atoms with Crippen molar-refractivity contribution in [1.29, 1.82) is 5.26 Å². The molecule has 152 valence electrons. The lowest BCUT2D eigenvalue weighted by Crippen LogP contribution is -2.50. The van der Waals surface area contributed by atoms with Crippen LogP contribution in [0.2, 0.25) is 0 Å². The second kappa shape index (κ2) is 7.70. The number of nitrogens with one attached hydrogen (secondary N) is 1. The lowest BCUT2D eigenvalue weighted by atomic mass is 10.00. The Morgan fingerprint density at radius 2 is 1.86 bits per heavy atom. The number of ether oxygens (including phenoxy) is 1. The highest BCUT2D eigenvalue weighted by Gasteiger charge is 2.42. The molecule has 2 amide bonds. The van der Waals surface area contributed by atoms with Crippen LogP contribution in [0.25, 0.3) is 0 Å². The summed E-state index contributed by atoms with van der Waals surface area (Å²) in [5, 5.41) is 12.1. The minimum Gasteiger partial charge on any atom is -0.444 e. The number of rotatable bonds is 3. The Balaban J connectivity index is 1.98. The van der Waals surface area contributed by atoms with Crippen molar-refractivity contribution < 1.29 is 27.5 Å². The van der Waals surface area contributed by atoms with Gasteiger partial charge in [0.15, 0.2) is 0 Å². The highest BCUT2D eigenvalue weighted by molar-refractivity contribution is 5.80. The Kier molecular flexibility index (Phi) is 5.92. The number of nitriles is 1. The smallest absolute Gasteiger partial charge is 0.416 e. The van der Waals surface area contributed by atoms with Crippen molar-refractivity contribution >= 4 is 12.0 Å². The Labute approximate surface area is 161 Å². The number of hydrogen-bond acceptors (Lipinski definition) is 4. The molecule has 0 spiro atoms. The van der Waals surface area contributed by atoms with Crippen LogP contribution in [0.4, 0.5) is 18.0 Å². The maximum atomic E-state index is 12.6. The van der Waals surface area contributed by atoms with Crippen molar-refractivity contribution in [2.24, 2.45) is 0 Å². The number of amides is 2. The first-order valence-electron chi connectivity index (χ1n) is 8.70. The molecule has 1 aliphatic rings. The summed E-state index contributed by atoms with van der Waals surface area (Å²) in [7, 11) is 0. The quantitative estimate of drug-likeness (QED) is 0.849. The number of carbonyl (C=O) groups is 2. The number of carbonyl (C=O) groups excluding carboxylic acids is 2. The van der Waals surface area contributed by atoms with Crippen molar-refractivity contribution in [2.75, 3.05) is 13.1 Å². The van der Waals surface area contributed by atoms with Crippen molar-refractivity contribution in [3.8, 4) is 6.07 Å². The molecule has 1 N–H and O–H groups in total. The van der Waals surface area contributed by atoms with E-state index in [0.29, 0.717) is 5.56 Å². The summed E-state index contributed by atoms with van der Waals surface area (Å²) in [4.78, 5) is 25.8. The fourth-order valence-corrected chi connectivity index (χ4v) is 2.82. The van der Waals surface area contributed by atoms with Crippen LogP contribution in [0.1, 0.15) is 38.3 Å². The van der Waals surface area contributed by atoms with Crippen molar-refractivity contribution in [3.05, 3.63) is 35.4 Å². The van der Waals surface area contributed by atoms with Crippen LogP contribution in [-0.4, -0.2) is 41.1 Å².